The van der Waals surface area contributed by atoms with Gasteiger partial charge in [0.15, 0.2) is 5.78 Å². The average Bonchev–Trinajstić information content (AvgIpc) is 2.51. The van der Waals surface area contributed by atoms with Crippen molar-refractivity contribution in [2.24, 2.45) is 0 Å². The summed E-state index contributed by atoms with van der Waals surface area (Å²) in [6.07, 6.45) is 2.99. The molecule has 0 spiro atoms. The van der Waals surface area contributed by atoms with Crippen LogP contribution >= 0.6 is 0 Å². The molecule has 0 amide bonds. The van der Waals surface area contributed by atoms with E-state index in [1.54, 1.807) is 17.9 Å². The number of fused-ring (bicyclic) bond motifs is 2. The first-order valence-corrected chi connectivity index (χ1v) is 6.76. The van der Waals surface area contributed by atoms with Gasteiger partial charge in [0.25, 0.3) is 0 Å². The molecule has 1 aliphatic carbocycles. The molecule has 0 aliphatic heterocycles. The number of ketones is 2. The van der Waals surface area contributed by atoms with Gasteiger partial charge < -0.3 is 9.64 Å². The third kappa shape index (κ3) is 1.80. The van der Waals surface area contributed by atoms with E-state index in [1.807, 2.05) is 14.1 Å². The molecule has 112 valence electrons. The van der Waals surface area contributed by atoms with Crippen LogP contribution in [0, 0.1) is 6.92 Å². The zero-order chi connectivity index (χ0) is 16.0. The summed E-state index contributed by atoms with van der Waals surface area (Å²) in [6, 6.07) is 1.72. The van der Waals surface area contributed by atoms with Crippen LogP contribution in [-0.4, -0.2) is 42.7 Å². The number of carbonyl (C=O) groups excluding carboxylic acids is 2. The first-order valence-electron chi connectivity index (χ1n) is 6.76. The molecule has 0 atom stereocenters. The second kappa shape index (κ2) is 4.91. The molecule has 2 aromatic heterocycles. The van der Waals surface area contributed by atoms with Crippen molar-refractivity contribution in [2.45, 2.75) is 6.92 Å². The van der Waals surface area contributed by atoms with Gasteiger partial charge in [-0.1, -0.05) is 0 Å². The molecular weight excluding hydrogens is 282 g/mol. The summed E-state index contributed by atoms with van der Waals surface area (Å²) >= 11 is 0. The lowest BCUT2D eigenvalue weighted by Crippen LogP contribution is -2.27. The van der Waals surface area contributed by atoms with Crippen LogP contribution in [0.3, 0.4) is 0 Å². The van der Waals surface area contributed by atoms with Crippen LogP contribution in [0.25, 0.3) is 0 Å². The Morgan fingerprint density at radius 3 is 2.36 bits per heavy atom. The summed E-state index contributed by atoms with van der Waals surface area (Å²) < 4.78 is 5.21. The molecular formula is C16H15N3O3. The maximum atomic E-state index is 13.0. The number of ether oxygens (including phenoxy) is 1. The van der Waals surface area contributed by atoms with E-state index in [9.17, 15) is 9.59 Å². The Labute approximate surface area is 127 Å². The predicted octanol–water partition coefficient (Wildman–Crippen LogP) is 1.64. The molecule has 0 aromatic carbocycles. The molecule has 0 saturated carbocycles. The third-order valence-corrected chi connectivity index (χ3v) is 3.81. The highest BCUT2D eigenvalue weighted by Crippen LogP contribution is 2.34. The number of nitrogens with zero attached hydrogens (tertiary/aromatic N) is 3. The third-order valence-electron chi connectivity index (χ3n) is 3.81. The minimum absolute atomic E-state index is 0.138. The quantitative estimate of drug-likeness (QED) is 0.716. The van der Waals surface area contributed by atoms with Gasteiger partial charge >= 0.3 is 0 Å². The van der Waals surface area contributed by atoms with Gasteiger partial charge in [-0.2, -0.15) is 0 Å². The molecule has 0 unspecified atom stereocenters. The number of anilines is 1. The number of carbonyl (C=O) groups is 2. The summed E-state index contributed by atoms with van der Waals surface area (Å²) in [5, 5.41) is 0. The first kappa shape index (κ1) is 14.2. The van der Waals surface area contributed by atoms with Gasteiger partial charge in [0.1, 0.15) is 17.1 Å². The molecule has 0 N–H and O–H groups in total. The molecule has 22 heavy (non-hydrogen) atoms. The minimum atomic E-state index is -0.334. The van der Waals surface area contributed by atoms with Gasteiger partial charge in [0.05, 0.1) is 30.1 Å². The van der Waals surface area contributed by atoms with E-state index < -0.39 is 0 Å². The zero-order valence-electron chi connectivity index (χ0n) is 12.8. The second-order valence-electron chi connectivity index (χ2n) is 5.28. The smallest absolute Gasteiger partial charge is 0.231 e. The van der Waals surface area contributed by atoms with Gasteiger partial charge in [0.2, 0.25) is 5.78 Å². The average molecular weight is 297 g/mol. The van der Waals surface area contributed by atoms with E-state index in [0.717, 1.165) is 0 Å². The molecule has 2 aromatic rings. The van der Waals surface area contributed by atoms with Crippen molar-refractivity contribution in [3.63, 3.8) is 0 Å². The van der Waals surface area contributed by atoms with Crippen molar-refractivity contribution in [2.75, 3.05) is 26.1 Å². The fourth-order valence-corrected chi connectivity index (χ4v) is 2.70. The summed E-state index contributed by atoms with van der Waals surface area (Å²) in [4.78, 5) is 35.6. The fourth-order valence-electron chi connectivity index (χ4n) is 2.70. The van der Waals surface area contributed by atoms with Crippen molar-refractivity contribution in [1.29, 1.82) is 0 Å². The van der Waals surface area contributed by atoms with E-state index >= 15 is 0 Å². The van der Waals surface area contributed by atoms with Crippen LogP contribution in [0.15, 0.2) is 18.5 Å². The Hall–Kier alpha value is -2.76. The molecule has 3 rings (SSSR count). The molecule has 0 saturated heterocycles. The van der Waals surface area contributed by atoms with E-state index in [2.05, 4.69) is 9.97 Å². The van der Waals surface area contributed by atoms with Crippen molar-refractivity contribution in [3.05, 3.63) is 46.5 Å². The van der Waals surface area contributed by atoms with E-state index in [-0.39, 0.29) is 23.0 Å². The summed E-state index contributed by atoms with van der Waals surface area (Å²) in [5.41, 5.74) is 2.19. The molecule has 0 radical (unpaired) electrons. The van der Waals surface area contributed by atoms with Crippen molar-refractivity contribution < 1.29 is 14.3 Å². The Kier molecular flexibility index (Phi) is 3.16. The van der Waals surface area contributed by atoms with Crippen molar-refractivity contribution in [3.8, 4) is 5.75 Å². The lowest BCUT2D eigenvalue weighted by atomic mass is 9.86. The summed E-state index contributed by atoms with van der Waals surface area (Å²) in [7, 11) is 5.14. The van der Waals surface area contributed by atoms with Crippen LogP contribution < -0.4 is 9.64 Å². The SMILES string of the molecule is COc1cnc2c(c1C)C(=O)c1c(N(C)C)ccnc1C2=O. The number of methoxy groups -OCH3 is 1. The van der Waals surface area contributed by atoms with Gasteiger partial charge in [-0.25, -0.2) is 4.98 Å². The first-order chi connectivity index (χ1) is 10.5. The van der Waals surface area contributed by atoms with Gasteiger partial charge in [0, 0.05) is 25.9 Å². The maximum Gasteiger partial charge on any atom is 0.231 e. The summed E-state index contributed by atoms with van der Waals surface area (Å²) in [6.45, 7) is 1.75. The molecule has 2 heterocycles. The maximum absolute atomic E-state index is 13.0. The lowest BCUT2D eigenvalue weighted by molar-refractivity contribution is 0.0971. The Morgan fingerprint density at radius 1 is 1.05 bits per heavy atom. The monoisotopic (exact) mass is 297 g/mol. The predicted molar refractivity (Wildman–Crippen MR) is 81.0 cm³/mol. The highest BCUT2D eigenvalue weighted by Gasteiger charge is 2.36. The van der Waals surface area contributed by atoms with E-state index in [4.69, 9.17) is 4.74 Å². The number of hydrogen-bond acceptors (Lipinski definition) is 6. The highest BCUT2D eigenvalue weighted by molar-refractivity contribution is 6.29. The molecule has 6 heteroatoms. The van der Waals surface area contributed by atoms with Gasteiger partial charge in [-0.15, -0.1) is 0 Å². The van der Waals surface area contributed by atoms with Crippen LogP contribution in [0.2, 0.25) is 0 Å². The summed E-state index contributed by atoms with van der Waals surface area (Å²) in [5.74, 6) is -0.0944. The molecule has 0 bridgehead atoms. The van der Waals surface area contributed by atoms with Crippen LogP contribution in [0.1, 0.15) is 37.7 Å². The van der Waals surface area contributed by atoms with Gasteiger partial charge in [-0.05, 0) is 13.0 Å². The van der Waals surface area contributed by atoms with E-state index in [1.165, 1.54) is 19.5 Å². The molecule has 1 aliphatic rings. The van der Waals surface area contributed by atoms with Gasteiger partial charge in [-0.3, -0.25) is 14.6 Å². The Bertz CT molecular complexity index is 813. The van der Waals surface area contributed by atoms with Crippen molar-refractivity contribution in [1.82, 2.24) is 9.97 Å². The largest absolute Gasteiger partial charge is 0.495 e. The number of pyridine rings is 2. The number of rotatable bonds is 2. The van der Waals surface area contributed by atoms with Crippen molar-refractivity contribution >= 4 is 17.3 Å². The molecule has 6 nitrogen and oxygen atoms in total. The fraction of sp³-hybridized carbons (Fsp3) is 0.250. The molecule has 0 fully saturated rings. The van der Waals surface area contributed by atoms with Crippen LogP contribution in [0.4, 0.5) is 5.69 Å². The topological polar surface area (TPSA) is 72.4 Å². The normalized spacial score (nSPS) is 12.7. The van der Waals surface area contributed by atoms with Crippen LogP contribution in [0.5, 0.6) is 5.75 Å². The number of hydrogen-bond donors (Lipinski definition) is 0. The number of aromatic nitrogens is 2. The lowest BCUT2D eigenvalue weighted by Gasteiger charge is -2.23. The van der Waals surface area contributed by atoms with Crippen LogP contribution in [-0.2, 0) is 0 Å². The minimum Gasteiger partial charge on any atom is -0.495 e. The second-order valence-corrected chi connectivity index (χ2v) is 5.28. The standard InChI is InChI=1S/C16H15N3O3/c1-8-10(22-4)7-18-13-11(8)15(20)12-9(19(2)3)5-6-17-14(12)16(13)21/h5-7H,1-4H3. The Morgan fingerprint density at radius 2 is 1.73 bits per heavy atom. The highest BCUT2D eigenvalue weighted by atomic mass is 16.5. The van der Waals surface area contributed by atoms with E-state index in [0.29, 0.717) is 28.1 Å². The zero-order valence-corrected chi connectivity index (χ0v) is 12.8. The Balaban J connectivity index is 2.34.